The van der Waals surface area contributed by atoms with Gasteiger partial charge in [0.2, 0.25) is 0 Å². The highest BCUT2D eigenvalue weighted by Crippen LogP contribution is 2.33. The van der Waals surface area contributed by atoms with Crippen LogP contribution in [0.5, 0.6) is 0 Å². The molecular formula is C13H17N3O7. The lowest BCUT2D eigenvalue weighted by Crippen LogP contribution is -2.41. The minimum Gasteiger partial charge on any atom is -0.456 e. The lowest BCUT2D eigenvalue weighted by molar-refractivity contribution is -0.165. The number of hydrogen-bond acceptors (Lipinski definition) is 9. The molecule has 1 aromatic heterocycles. The summed E-state index contributed by atoms with van der Waals surface area (Å²) in [5.74, 6) is -1.28. The first-order chi connectivity index (χ1) is 10.8. The van der Waals surface area contributed by atoms with Crippen molar-refractivity contribution in [1.82, 2.24) is 9.55 Å². The first kappa shape index (κ1) is 16.9. The number of nitrogen functional groups attached to an aromatic ring is 1. The molecule has 0 aliphatic carbocycles. The molecule has 0 radical (unpaired) electrons. The van der Waals surface area contributed by atoms with Gasteiger partial charge in [-0.2, -0.15) is 4.98 Å². The maximum atomic E-state index is 12.0. The van der Waals surface area contributed by atoms with Crippen LogP contribution in [-0.4, -0.2) is 51.5 Å². The third-order valence-electron chi connectivity index (χ3n) is 3.20. The van der Waals surface area contributed by atoms with Crippen LogP contribution in [0.15, 0.2) is 17.1 Å². The van der Waals surface area contributed by atoms with E-state index in [-0.39, 0.29) is 5.82 Å². The van der Waals surface area contributed by atoms with Crippen LogP contribution in [-0.2, 0) is 23.8 Å². The van der Waals surface area contributed by atoms with Gasteiger partial charge in [-0.05, 0) is 6.07 Å². The van der Waals surface area contributed by atoms with Crippen molar-refractivity contribution in [3.63, 3.8) is 0 Å². The Morgan fingerprint density at radius 1 is 1.35 bits per heavy atom. The molecule has 4 atom stereocenters. The fourth-order valence-corrected chi connectivity index (χ4v) is 2.35. The summed E-state index contributed by atoms with van der Waals surface area (Å²) in [7, 11) is 0. The zero-order valence-electron chi connectivity index (χ0n) is 12.5. The van der Waals surface area contributed by atoms with E-state index in [1.165, 1.54) is 19.2 Å². The quantitative estimate of drug-likeness (QED) is 0.637. The molecule has 0 unspecified atom stereocenters. The molecule has 0 amide bonds. The molecule has 126 valence electrons. The third-order valence-corrected chi connectivity index (χ3v) is 3.20. The van der Waals surface area contributed by atoms with E-state index in [4.69, 9.17) is 19.9 Å². The highest BCUT2D eigenvalue weighted by Gasteiger charge is 2.50. The molecule has 3 N–H and O–H groups in total. The molecule has 10 nitrogen and oxygen atoms in total. The van der Waals surface area contributed by atoms with Gasteiger partial charge in [-0.25, -0.2) is 4.79 Å². The van der Waals surface area contributed by atoms with Crippen LogP contribution in [0.4, 0.5) is 5.82 Å². The molecule has 1 saturated heterocycles. The van der Waals surface area contributed by atoms with Gasteiger partial charge in [0.15, 0.2) is 18.4 Å². The fourth-order valence-electron chi connectivity index (χ4n) is 2.35. The van der Waals surface area contributed by atoms with Crippen LogP contribution in [0.2, 0.25) is 0 Å². The lowest BCUT2D eigenvalue weighted by Gasteiger charge is -2.23. The van der Waals surface area contributed by atoms with Crippen LogP contribution in [0.25, 0.3) is 0 Å². The molecule has 1 aliphatic heterocycles. The Hall–Kier alpha value is -2.46. The first-order valence-corrected chi connectivity index (χ1v) is 6.79. The average Bonchev–Trinajstić information content (AvgIpc) is 2.76. The second-order valence-corrected chi connectivity index (χ2v) is 4.94. The van der Waals surface area contributed by atoms with Gasteiger partial charge in [0.25, 0.3) is 0 Å². The molecule has 23 heavy (non-hydrogen) atoms. The fraction of sp³-hybridized carbons (Fsp3) is 0.538. The van der Waals surface area contributed by atoms with Crippen molar-refractivity contribution < 1.29 is 28.9 Å². The Kier molecular flexibility index (Phi) is 4.96. The topological polar surface area (TPSA) is 143 Å². The summed E-state index contributed by atoms with van der Waals surface area (Å²) in [5, 5.41) is 9.40. The zero-order valence-corrected chi connectivity index (χ0v) is 12.5. The van der Waals surface area contributed by atoms with E-state index in [1.54, 1.807) is 0 Å². The number of anilines is 1. The number of rotatable bonds is 4. The van der Waals surface area contributed by atoms with Crippen molar-refractivity contribution in [2.24, 2.45) is 0 Å². The average molecular weight is 327 g/mol. The summed E-state index contributed by atoms with van der Waals surface area (Å²) in [4.78, 5) is 38.1. The van der Waals surface area contributed by atoms with Crippen molar-refractivity contribution in [3.8, 4) is 0 Å². The molecule has 0 saturated carbocycles. The zero-order chi connectivity index (χ0) is 17.1. The third kappa shape index (κ3) is 3.66. The number of nitrogens with zero attached hydrogens (tertiary/aromatic N) is 2. The Labute approximate surface area is 130 Å². The largest absolute Gasteiger partial charge is 0.456 e. The van der Waals surface area contributed by atoms with E-state index in [9.17, 15) is 19.5 Å². The van der Waals surface area contributed by atoms with Crippen molar-refractivity contribution in [2.75, 3.05) is 12.3 Å². The van der Waals surface area contributed by atoms with Crippen molar-refractivity contribution in [1.29, 1.82) is 0 Å². The lowest BCUT2D eigenvalue weighted by atomic mass is 10.1. The van der Waals surface area contributed by atoms with Crippen LogP contribution in [0, 0.1) is 0 Å². The minimum absolute atomic E-state index is 0.0172. The molecule has 10 heteroatoms. The number of aromatic nitrogens is 2. The monoisotopic (exact) mass is 327 g/mol. The summed E-state index contributed by atoms with van der Waals surface area (Å²) in [6.45, 7) is 1.84. The molecule has 1 aliphatic rings. The standard InChI is InChI=1S/C13H17N3O7/c1-6(18)21-10-8(5-17)23-12(11(10)22-7(2)19)16-4-3-9(14)15-13(16)20/h3-4,8,10-12,17H,5H2,1-2H3,(H2,14,15,20)/t8-,10-,11+,12-/m1/s1. The minimum atomic E-state index is -1.11. The SMILES string of the molecule is CC(=O)O[C@H]1[C@H](OC(C)=O)[C@@H](CO)O[C@H]1n1ccc(N)nc1=O. The van der Waals surface area contributed by atoms with E-state index in [1.807, 2.05) is 0 Å². The molecular weight excluding hydrogens is 310 g/mol. The predicted molar refractivity (Wildman–Crippen MR) is 75.0 cm³/mol. The van der Waals surface area contributed by atoms with E-state index in [2.05, 4.69) is 4.98 Å². The van der Waals surface area contributed by atoms with Crippen molar-refractivity contribution in [2.45, 2.75) is 38.4 Å². The van der Waals surface area contributed by atoms with E-state index in [0.717, 1.165) is 11.5 Å². The summed E-state index contributed by atoms with van der Waals surface area (Å²) in [6, 6.07) is 1.36. The highest BCUT2D eigenvalue weighted by molar-refractivity contribution is 5.67. The van der Waals surface area contributed by atoms with Crippen molar-refractivity contribution >= 4 is 17.8 Å². The Morgan fingerprint density at radius 2 is 1.96 bits per heavy atom. The van der Waals surface area contributed by atoms with Crippen molar-refractivity contribution in [3.05, 3.63) is 22.7 Å². The van der Waals surface area contributed by atoms with E-state index >= 15 is 0 Å². The van der Waals surface area contributed by atoms with Gasteiger partial charge in [-0.3, -0.25) is 14.2 Å². The van der Waals surface area contributed by atoms with Gasteiger partial charge in [0, 0.05) is 20.0 Å². The Balaban J connectivity index is 2.41. The van der Waals surface area contributed by atoms with Crippen LogP contribution in [0.1, 0.15) is 20.1 Å². The number of aliphatic hydroxyl groups excluding tert-OH is 1. The summed E-state index contributed by atoms with van der Waals surface area (Å²) in [5.41, 5.74) is 4.70. The molecule has 1 aromatic rings. The number of hydrogen-bond donors (Lipinski definition) is 2. The van der Waals surface area contributed by atoms with Crippen LogP contribution < -0.4 is 11.4 Å². The first-order valence-electron chi connectivity index (χ1n) is 6.79. The maximum Gasteiger partial charge on any atom is 0.351 e. The molecule has 0 bridgehead atoms. The number of carbonyl (C=O) groups is 2. The Morgan fingerprint density at radius 3 is 2.48 bits per heavy atom. The number of carbonyl (C=O) groups excluding carboxylic acids is 2. The number of aliphatic hydroxyl groups is 1. The van der Waals surface area contributed by atoms with Crippen LogP contribution in [0.3, 0.4) is 0 Å². The van der Waals surface area contributed by atoms with Gasteiger partial charge in [-0.15, -0.1) is 0 Å². The number of nitrogens with two attached hydrogens (primary N) is 1. The normalized spacial score (nSPS) is 26.7. The number of esters is 2. The summed E-state index contributed by atoms with van der Waals surface area (Å²) >= 11 is 0. The molecule has 0 spiro atoms. The predicted octanol–water partition coefficient (Wildman–Crippen LogP) is -1.42. The highest BCUT2D eigenvalue weighted by atomic mass is 16.6. The second-order valence-electron chi connectivity index (χ2n) is 4.94. The molecule has 2 heterocycles. The van der Waals surface area contributed by atoms with Gasteiger partial charge in [0.05, 0.1) is 6.61 Å². The van der Waals surface area contributed by atoms with E-state index in [0.29, 0.717) is 0 Å². The van der Waals surface area contributed by atoms with E-state index < -0.39 is 48.8 Å². The molecule has 1 fully saturated rings. The van der Waals surface area contributed by atoms with Gasteiger partial charge in [0.1, 0.15) is 11.9 Å². The Bertz CT molecular complexity index is 659. The summed E-state index contributed by atoms with van der Waals surface area (Å²) < 4.78 is 16.8. The summed E-state index contributed by atoms with van der Waals surface area (Å²) in [6.07, 6.45) is -2.93. The van der Waals surface area contributed by atoms with Crippen LogP contribution >= 0.6 is 0 Å². The van der Waals surface area contributed by atoms with Gasteiger partial charge < -0.3 is 25.1 Å². The smallest absolute Gasteiger partial charge is 0.351 e. The molecule has 2 rings (SSSR count). The van der Waals surface area contributed by atoms with Gasteiger partial charge in [-0.1, -0.05) is 0 Å². The molecule has 0 aromatic carbocycles. The maximum absolute atomic E-state index is 12.0. The number of ether oxygens (including phenoxy) is 3. The second kappa shape index (κ2) is 6.75. The van der Waals surface area contributed by atoms with Gasteiger partial charge >= 0.3 is 17.6 Å².